The summed E-state index contributed by atoms with van der Waals surface area (Å²) >= 11 is 0. The maximum Gasteiger partial charge on any atom is 0.128 e. The molecule has 0 amide bonds. The first-order chi connectivity index (χ1) is 10.2. The van der Waals surface area contributed by atoms with E-state index in [1.807, 2.05) is 49.4 Å². The Hall–Kier alpha value is -2.75. The summed E-state index contributed by atoms with van der Waals surface area (Å²) in [6, 6.07) is 15.2. The topological polar surface area (TPSA) is 47.3 Å². The van der Waals surface area contributed by atoms with Gasteiger partial charge in [-0.05, 0) is 37.3 Å². The Morgan fingerprint density at radius 2 is 1.81 bits per heavy atom. The van der Waals surface area contributed by atoms with Crippen LogP contribution < -0.4 is 4.74 Å². The largest absolute Gasteiger partial charge is 0.507 e. The van der Waals surface area contributed by atoms with Gasteiger partial charge in [-0.1, -0.05) is 17.7 Å². The number of ether oxygens (including phenoxy) is 1. The predicted octanol–water partition coefficient (Wildman–Crippen LogP) is 3.56. The Morgan fingerprint density at radius 1 is 1.05 bits per heavy atom. The maximum absolute atomic E-state index is 10.2. The zero-order valence-electron chi connectivity index (χ0n) is 11.9. The summed E-state index contributed by atoms with van der Waals surface area (Å²) in [4.78, 5) is 0. The molecule has 0 unspecified atom stereocenters. The molecule has 4 heteroatoms. The van der Waals surface area contributed by atoms with Crippen LogP contribution in [0.5, 0.6) is 11.5 Å². The van der Waals surface area contributed by atoms with Crippen molar-refractivity contribution in [2.45, 2.75) is 6.92 Å². The van der Waals surface area contributed by atoms with E-state index in [2.05, 4.69) is 5.10 Å². The lowest BCUT2D eigenvalue weighted by Crippen LogP contribution is -1.99. The SMILES string of the molecule is COc1ccc(-c2ccnn2-c2ccc(C)cc2)c(O)c1. The van der Waals surface area contributed by atoms with Crippen LogP contribution in [0.15, 0.2) is 54.7 Å². The number of phenolic OH excluding ortho intramolecular Hbond substituents is 1. The van der Waals surface area contributed by atoms with Crippen LogP contribution in [0.2, 0.25) is 0 Å². The Labute approximate surface area is 123 Å². The second-order valence-corrected chi connectivity index (χ2v) is 4.85. The van der Waals surface area contributed by atoms with Crippen LogP contribution in [-0.4, -0.2) is 22.0 Å². The van der Waals surface area contributed by atoms with E-state index in [0.717, 1.165) is 11.4 Å². The van der Waals surface area contributed by atoms with Crippen molar-refractivity contribution in [1.29, 1.82) is 0 Å². The molecule has 1 heterocycles. The molecule has 1 N–H and O–H groups in total. The molecule has 4 nitrogen and oxygen atoms in total. The van der Waals surface area contributed by atoms with Crippen LogP contribution in [-0.2, 0) is 0 Å². The monoisotopic (exact) mass is 280 g/mol. The van der Waals surface area contributed by atoms with E-state index in [9.17, 15) is 5.11 Å². The van der Waals surface area contributed by atoms with Crippen LogP contribution in [0.1, 0.15) is 5.56 Å². The van der Waals surface area contributed by atoms with Crippen molar-refractivity contribution in [2.75, 3.05) is 7.11 Å². The molecule has 0 fully saturated rings. The molecule has 0 radical (unpaired) electrons. The number of aromatic hydroxyl groups is 1. The predicted molar refractivity (Wildman–Crippen MR) is 82.0 cm³/mol. The first-order valence-corrected chi connectivity index (χ1v) is 6.67. The van der Waals surface area contributed by atoms with E-state index in [4.69, 9.17) is 4.74 Å². The highest BCUT2D eigenvalue weighted by Crippen LogP contribution is 2.33. The fourth-order valence-electron chi connectivity index (χ4n) is 2.25. The van der Waals surface area contributed by atoms with E-state index in [1.54, 1.807) is 24.1 Å². The van der Waals surface area contributed by atoms with Gasteiger partial charge in [0.25, 0.3) is 0 Å². The number of aromatic nitrogens is 2. The molecule has 3 aromatic rings. The van der Waals surface area contributed by atoms with Crippen LogP contribution >= 0.6 is 0 Å². The molecule has 2 aromatic carbocycles. The fourth-order valence-corrected chi connectivity index (χ4v) is 2.25. The van der Waals surface area contributed by atoms with Crippen molar-refractivity contribution in [3.05, 3.63) is 60.3 Å². The number of methoxy groups -OCH3 is 1. The quantitative estimate of drug-likeness (QED) is 0.798. The van der Waals surface area contributed by atoms with Gasteiger partial charge in [0.1, 0.15) is 11.5 Å². The minimum absolute atomic E-state index is 0.170. The highest BCUT2D eigenvalue weighted by molar-refractivity contribution is 5.69. The van der Waals surface area contributed by atoms with Crippen LogP contribution in [0, 0.1) is 6.92 Å². The second kappa shape index (κ2) is 5.32. The molecule has 106 valence electrons. The molecule has 0 aliphatic rings. The van der Waals surface area contributed by atoms with E-state index in [-0.39, 0.29) is 5.75 Å². The second-order valence-electron chi connectivity index (χ2n) is 4.85. The lowest BCUT2D eigenvalue weighted by molar-refractivity contribution is 0.408. The van der Waals surface area contributed by atoms with Gasteiger partial charge in [-0.2, -0.15) is 5.10 Å². The zero-order chi connectivity index (χ0) is 14.8. The van der Waals surface area contributed by atoms with Gasteiger partial charge in [0.2, 0.25) is 0 Å². The minimum atomic E-state index is 0.170. The molecule has 3 rings (SSSR count). The van der Waals surface area contributed by atoms with Crippen molar-refractivity contribution >= 4 is 0 Å². The molecule has 1 aromatic heterocycles. The third-order valence-electron chi connectivity index (χ3n) is 3.40. The first-order valence-electron chi connectivity index (χ1n) is 6.67. The Bertz CT molecular complexity index is 761. The van der Waals surface area contributed by atoms with Gasteiger partial charge in [0.05, 0.1) is 24.7 Å². The molecule has 21 heavy (non-hydrogen) atoms. The van der Waals surface area contributed by atoms with E-state index < -0.39 is 0 Å². The smallest absolute Gasteiger partial charge is 0.128 e. The third kappa shape index (κ3) is 2.48. The molecule has 0 saturated heterocycles. The minimum Gasteiger partial charge on any atom is -0.507 e. The number of benzene rings is 2. The van der Waals surface area contributed by atoms with Crippen LogP contribution in [0.25, 0.3) is 16.9 Å². The molecular formula is C17H16N2O2. The number of hydrogen-bond donors (Lipinski definition) is 1. The molecule has 0 atom stereocenters. The molecule has 0 aliphatic carbocycles. The van der Waals surface area contributed by atoms with Crippen molar-refractivity contribution < 1.29 is 9.84 Å². The number of hydrogen-bond acceptors (Lipinski definition) is 3. The standard InChI is InChI=1S/C17H16N2O2/c1-12-3-5-13(6-4-12)19-16(9-10-18-19)15-8-7-14(21-2)11-17(15)20/h3-11,20H,1-2H3. The molecular weight excluding hydrogens is 264 g/mol. The summed E-state index contributed by atoms with van der Waals surface area (Å²) in [6.45, 7) is 2.04. The number of nitrogens with zero attached hydrogens (tertiary/aromatic N) is 2. The molecule has 0 spiro atoms. The van der Waals surface area contributed by atoms with Crippen molar-refractivity contribution in [1.82, 2.24) is 9.78 Å². The van der Waals surface area contributed by atoms with Crippen LogP contribution in [0.4, 0.5) is 0 Å². The Kier molecular flexibility index (Phi) is 3.36. The summed E-state index contributed by atoms with van der Waals surface area (Å²) in [5.74, 6) is 0.792. The average molecular weight is 280 g/mol. The Balaban J connectivity index is 2.09. The lowest BCUT2D eigenvalue weighted by atomic mass is 10.1. The number of rotatable bonds is 3. The van der Waals surface area contributed by atoms with Crippen molar-refractivity contribution in [3.63, 3.8) is 0 Å². The number of aryl methyl sites for hydroxylation is 1. The van der Waals surface area contributed by atoms with Crippen LogP contribution in [0.3, 0.4) is 0 Å². The average Bonchev–Trinajstić information content (AvgIpc) is 2.97. The summed E-state index contributed by atoms with van der Waals surface area (Å²) < 4.78 is 6.92. The first kappa shape index (κ1) is 13.2. The van der Waals surface area contributed by atoms with E-state index in [0.29, 0.717) is 11.3 Å². The van der Waals surface area contributed by atoms with E-state index in [1.165, 1.54) is 5.56 Å². The summed E-state index contributed by atoms with van der Waals surface area (Å²) in [5.41, 5.74) is 3.70. The van der Waals surface area contributed by atoms with Gasteiger partial charge >= 0.3 is 0 Å². The summed E-state index contributed by atoms with van der Waals surface area (Å²) in [5, 5.41) is 14.5. The van der Waals surface area contributed by atoms with Gasteiger partial charge in [-0.3, -0.25) is 0 Å². The van der Waals surface area contributed by atoms with Gasteiger partial charge in [0, 0.05) is 11.6 Å². The normalized spacial score (nSPS) is 10.6. The highest BCUT2D eigenvalue weighted by atomic mass is 16.5. The molecule has 0 saturated carbocycles. The van der Waals surface area contributed by atoms with Gasteiger partial charge in [-0.25, -0.2) is 4.68 Å². The van der Waals surface area contributed by atoms with Gasteiger partial charge < -0.3 is 9.84 Å². The van der Waals surface area contributed by atoms with Crippen molar-refractivity contribution in [2.24, 2.45) is 0 Å². The summed E-state index contributed by atoms with van der Waals surface area (Å²) in [7, 11) is 1.57. The third-order valence-corrected chi connectivity index (χ3v) is 3.40. The lowest BCUT2D eigenvalue weighted by Gasteiger charge is -2.10. The fraction of sp³-hybridized carbons (Fsp3) is 0.118. The van der Waals surface area contributed by atoms with E-state index >= 15 is 0 Å². The van der Waals surface area contributed by atoms with Gasteiger partial charge in [-0.15, -0.1) is 0 Å². The zero-order valence-corrected chi connectivity index (χ0v) is 11.9. The maximum atomic E-state index is 10.2. The Morgan fingerprint density at radius 3 is 2.48 bits per heavy atom. The van der Waals surface area contributed by atoms with Gasteiger partial charge in [0.15, 0.2) is 0 Å². The highest BCUT2D eigenvalue weighted by Gasteiger charge is 2.12. The molecule has 0 aliphatic heterocycles. The molecule has 0 bridgehead atoms. The van der Waals surface area contributed by atoms with Crippen molar-refractivity contribution in [3.8, 4) is 28.4 Å². The number of phenols is 1. The summed E-state index contributed by atoms with van der Waals surface area (Å²) in [6.07, 6.45) is 1.72.